The molecular weight excluding hydrogens is 318 g/mol. The number of allylic oxidation sites excluding steroid dienone is 1. The summed E-state index contributed by atoms with van der Waals surface area (Å²) in [5, 5.41) is 0. The number of Topliss-reactive ketones (excluding diaryl/α,β-unsaturated/α-hetero) is 1. The van der Waals surface area contributed by atoms with E-state index in [0.29, 0.717) is 12.8 Å². The molecule has 0 N–H and O–H groups in total. The van der Waals surface area contributed by atoms with Crippen molar-refractivity contribution >= 4 is 52.2 Å². The molecule has 100 valence electrons. The van der Waals surface area contributed by atoms with E-state index in [9.17, 15) is 4.79 Å². The number of halogens is 4. The maximum atomic E-state index is 12.3. The number of ketones is 1. The fraction of sp³-hybridized carbons (Fsp3) is 0.583. The summed E-state index contributed by atoms with van der Waals surface area (Å²) in [7, 11) is 0. The fourth-order valence-electron chi connectivity index (χ4n) is 2.45. The monoisotopic (exact) mass is 328 g/mol. The number of alkyl halides is 4. The molecule has 2 unspecified atom stereocenters. The zero-order valence-electron chi connectivity index (χ0n) is 9.68. The average Bonchev–Trinajstić information content (AvgIpc) is 2.62. The molecule has 2 aliphatic rings. The Morgan fingerprint density at radius 3 is 2.61 bits per heavy atom. The van der Waals surface area contributed by atoms with E-state index < -0.39 is 26.2 Å². The van der Waals surface area contributed by atoms with Crippen molar-refractivity contribution in [3.05, 3.63) is 24.3 Å². The molecule has 18 heavy (non-hydrogen) atoms. The van der Waals surface area contributed by atoms with E-state index in [1.54, 1.807) is 12.2 Å². The molecule has 6 heteroatoms. The third-order valence-electron chi connectivity index (χ3n) is 3.52. The fourth-order valence-corrected chi connectivity index (χ4v) is 4.01. The molecule has 0 aromatic rings. The second-order valence-electron chi connectivity index (χ2n) is 4.57. The van der Waals surface area contributed by atoms with Gasteiger partial charge in [-0.25, -0.2) is 0 Å². The molecule has 1 fully saturated rings. The topological polar surface area (TPSA) is 26.3 Å². The van der Waals surface area contributed by atoms with Crippen LogP contribution in [0.4, 0.5) is 0 Å². The molecule has 0 aromatic heterocycles. The highest BCUT2D eigenvalue weighted by molar-refractivity contribution is 6.70. The summed E-state index contributed by atoms with van der Waals surface area (Å²) in [5.41, 5.74) is -0.296. The molecule has 0 saturated carbocycles. The largest absolute Gasteiger partial charge is 0.356 e. The van der Waals surface area contributed by atoms with Gasteiger partial charge >= 0.3 is 0 Å². The molecule has 2 bridgehead atoms. The van der Waals surface area contributed by atoms with Gasteiger partial charge in [0.15, 0.2) is 0 Å². The molecule has 2 aliphatic heterocycles. The van der Waals surface area contributed by atoms with Crippen molar-refractivity contribution in [2.75, 3.05) is 0 Å². The molecule has 1 saturated heterocycles. The first kappa shape index (κ1) is 14.7. The normalized spacial score (nSPS) is 36.4. The van der Waals surface area contributed by atoms with Crippen LogP contribution in [0.1, 0.15) is 19.8 Å². The van der Waals surface area contributed by atoms with Crippen LogP contribution in [0, 0.1) is 0 Å². The highest BCUT2D eigenvalue weighted by Crippen LogP contribution is 2.58. The number of carbonyl (C=O) groups excluding carboxylic acids is 1. The minimum Gasteiger partial charge on any atom is -0.356 e. The molecule has 0 aliphatic carbocycles. The molecule has 0 amide bonds. The predicted molar refractivity (Wildman–Crippen MR) is 74.7 cm³/mol. The molecular formula is C12H12Cl4O2. The summed E-state index contributed by atoms with van der Waals surface area (Å²) in [6, 6.07) is 0. The quantitative estimate of drug-likeness (QED) is 0.578. The molecule has 2 heterocycles. The second kappa shape index (κ2) is 4.39. The van der Waals surface area contributed by atoms with Crippen LogP contribution in [0.25, 0.3) is 0 Å². The molecule has 0 aromatic carbocycles. The number of hydrogen-bond donors (Lipinski definition) is 0. The average molecular weight is 330 g/mol. The Morgan fingerprint density at radius 2 is 2.06 bits per heavy atom. The number of carbonyl (C=O) groups is 1. The summed E-state index contributed by atoms with van der Waals surface area (Å²) in [4.78, 5) is 12.3. The van der Waals surface area contributed by atoms with Gasteiger partial charge in [0, 0.05) is 0 Å². The van der Waals surface area contributed by atoms with Crippen LogP contribution in [0.15, 0.2) is 24.3 Å². The molecule has 0 radical (unpaired) electrons. The number of rotatable bonds is 3. The van der Waals surface area contributed by atoms with Gasteiger partial charge in [-0.2, -0.15) is 0 Å². The Balaban J connectivity index is 2.52. The summed E-state index contributed by atoms with van der Waals surface area (Å²) < 4.78 is 2.26. The van der Waals surface area contributed by atoms with E-state index in [1.165, 1.54) is 0 Å². The standard InChI is InChI=1S/C12H12Cl4O2/c1-3-4-5-10-7(2)6-8(18-10)11(13,14)9(17)12(10,15)16/h3,6,8H,1,4-5H2,2H3. The van der Waals surface area contributed by atoms with E-state index in [4.69, 9.17) is 51.1 Å². The van der Waals surface area contributed by atoms with Crippen LogP contribution in [0.5, 0.6) is 0 Å². The maximum Gasteiger partial charge on any atom is 0.211 e. The van der Waals surface area contributed by atoms with Crippen molar-refractivity contribution in [1.29, 1.82) is 0 Å². The van der Waals surface area contributed by atoms with Crippen molar-refractivity contribution in [2.24, 2.45) is 0 Å². The van der Waals surface area contributed by atoms with E-state index in [0.717, 1.165) is 5.57 Å². The number of hydrogen-bond acceptors (Lipinski definition) is 2. The van der Waals surface area contributed by atoms with Crippen LogP contribution < -0.4 is 0 Å². The highest BCUT2D eigenvalue weighted by atomic mass is 35.5. The number of ether oxygens (including phenoxy) is 1. The third-order valence-corrected chi connectivity index (χ3v) is 5.25. The van der Waals surface area contributed by atoms with Gasteiger partial charge in [0.2, 0.25) is 14.4 Å². The van der Waals surface area contributed by atoms with Gasteiger partial charge in [-0.1, -0.05) is 58.6 Å². The van der Waals surface area contributed by atoms with Crippen LogP contribution in [-0.2, 0) is 9.53 Å². The molecule has 2 atom stereocenters. The first-order valence-electron chi connectivity index (χ1n) is 5.48. The van der Waals surface area contributed by atoms with Crippen LogP contribution in [0.2, 0.25) is 0 Å². The first-order valence-corrected chi connectivity index (χ1v) is 6.99. The van der Waals surface area contributed by atoms with Crippen LogP contribution in [-0.4, -0.2) is 26.2 Å². The first-order chi connectivity index (χ1) is 8.20. The number of fused-ring (bicyclic) bond motifs is 2. The van der Waals surface area contributed by atoms with E-state index in [-0.39, 0.29) is 0 Å². The van der Waals surface area contributed by atoms with Gasteiger partial charge in [0.25, 0.3) is 0 Å². The lowest BCUT2D eigenvalue weighted by molar-refractivity contribution is -0.142. The Hall–Kier alpha value is 0.270. The Morgan fingerprint density at radius 1 is 1.44 bits per heavy atom. The van der Waals surface area contributed by atoms with E-state index >= 15 is 0 Å². The van der Waals surface area contributed by atoms with Crippen molar-refractivity contribution in [2.45, 2.75) is 40.1 Å². The second-order valence-corrected chi connectivity index (χ2v) is 7.28. The summed E-state index contributed by atoms with van der Waals surface area (Å²) >= 11 is 24.5. The Labute approximate surface area is 126 Å². The SMILES string of the molecule is C=CCCC12OC(C=C1C)C(Cl)(Cl)C(=O)C2(Cl)Cl. The van der Waals surface area contributed by atoms with E-state index in [2.05, 4.69) is 6.58 Å². The lowest BCUT2D eigenvalue weighted by Gasteiger charge is -2.47. The van der Waals surface area contributed by atoms with Gasteiger partial charge in [-0.3, -0.25) is 4.79 Å². The van der Waals surface area contributed by atoms with Gasteiger partial charge in [0.05, 0.1) is 0 Å². The Kier molecular flexibility index (Phi) is 3.58. The Bertz CT molecular complexity index is 441. The van der Waals surface area contributed by atoms with Crippen LogP contribution in [0.3, 0.4) is 0 Å². The van der Waals surface area contributed by atoms with Gasteiger partial charge in [-0.15, -0.1) is 6.58 Å². The molecule has 0 spiro atoms. The highest BCUT2D eigenvalue weighted by Gasteiger charge is 2.70. The third kappa shape index (κ3) is 1.70. The molecule has 2 nitrogen and oxygen atoms in total. The zero-order valence-corrected chi connectivity index (χ0v) is 12.7. The van der Waals surface area contributed by atoms with Crippen molar-refractivity contribution in [3.63, 3.8) is 0 Å². The summed E-state index contributed by atoms with van der Waals surface area (Å²) in [6.07, 6.45) is 3.79. The smallest absolute Gasteiger partial charge is 0.211 e. The van der Waals surface area contributed by atoms with Gasteiger partial charge in [0.1, 0.15) is 11.7 Å². The van der Waals surface area contributed by atoms with Crippen molar-refractivity contribution < 1.29 is 9.53 Å². The van der Waals surface area contributed by atoms with E-state index in [1.807, 2.05) is 6.92 Å². The summed E-state index contributed by atoms with van der Waals surface area (Å²) in [5.74, 6) is -0.630. The predicted octanol–water partition coefficient (Wildman–Crippen LogP) is 3.97. The zero-order chi connectivity index (χ0) is 13.8. The van der Waals surface area contributed by atoms with Gasteiger partial charge < -0.3 is 4.74 Å². The van der Waals surface area contributed by atoms with Crippen molar-refractivity contribution in [3.8, 4) is 0 Å². The lowest BCUT2D eigenvalue weighted by atomic mass is 9.84. The lowest BCUT2D eigenvalue weighted by Crippen LogP contribution is -2.64. The minimum atomic E-state index is -1.80. The van der Waals surface area contributed by atoms with Gasteiger partial charge in [-0.05, 0) is 25.3 Å². The van der Waals surface area contributed by atoms with Crippen LogP contribution >= 0.6 is 46.4 Å². The minimum absolute atomic E-state index is 0.456. The maximum absolute atomic E-state index is 12.3. The summed E-state index contributed by atoms with van der Waals surface area (Å²) in [6.45, 7) is 5.46. The molecule has 2 rings (SSSR count). The van der Waals surface area contributed by atoms with Crippen molar-refractivity contribution in [1.82, 2.24) is 0 Å².